The van der Waals surface area contributed by atoms with E-state index in [9.17, 15) is 5.11 Å². The van der Waals surface area contributed by atoms with Crippen molar-refractivity contribution in [3.05, 3.63) is 12.2 Å². The van der Waals surface area contributed by atoms with Gasteiger partial charge in [0.2, 0.25) is 0 Å². The number of aliphatic hydroxyl groups excluding tert-OH is 1. The standard InChI is InChI=1S/C15H24O/c1-9-11(16)8-10-13-12(9)15(10,4)7-5-6-14(13,2)3/h10-13,16H,1,5-8H2,2-4H3/t10?,11-,12?,13?,15?/m1/s1. The van der Waals surface area contributed by atoms with Crippen LogP contribution in [0.4, 0.5) is 0 Å². The summed E-state index contributed by atoms with van der Waals surface area (Å²) in [6.45, 7) is 11.5. The molecule has 1 nitrogen and oxygen atoms in total. The first-order chi connectivity index (χ1) is 7.38. The van der Waals surface area contributed by atoms with Crippen LogP contribution < -0.4 is 0 Å². The zero-order chi connectivity index (χ0) is 11.7. The third-order valence-electron chi connectivity index (χ3n) is 6.09. The van der Waals surface area contributed by atoms with Gasteiger partial charge in [-0.2, -0.15) is 0 Å². The molecule has 4 bridgehead atoms. The number of aliphatic hydroxyl groups is 1. The second-order valence-corrected chi connectivity index (χ2v) is 7.28. The summed E-state index contributed by atoms with van der Waals surface area (Å²) in [5.41, 5.74) is 2.06. The Morgan fingerprint density at radius 2 is 1.94 bits per heavy atom. The van der Waals surface area contributed by atoms with Crippen molar-refractivity contribution in [1.29, 1.82) is 0 Å². The zero-order valence-corrected chi connectivity index (χ0v) is 10.8. The topological polar surface area (TPSA) is 20.2 Å². The Bertz CT molecular complexity index is 343. The van der Waals surface area contributed by atoms with Crippen molar-refractivity contribution in [3.63, 3.8) is 0 Å². The molecule has 3 fully saturated rings. The van der Waals surface area contributed by atoms with Crippen molar-refractivity contribution in [1.82, 2.24) is 0 Å². The Balaban J connectivity index is 2.03. The van der Waals surface area contributed by atoms with Gasteiger partial charge in [-0.1, -0.05) is 33.8 Å². The Morgan fingerprint density at radius 3 is 2.56 bits per heavy atom. The summed E-state index contributed by atoms with van der Waals surface area (Å²) in [4.78, 5) is 0. The van der Waals surface area contributed by atoms with E-state index in [1.807, 2.05) is 0 Å². The van der Waals surface area contributed by atoms with Crippen molar-refractivity contribution in [2.45, 2.75) is 52.6 Å². The quantitative estimate of drug-likeness (QED) is 0.620. The van der Waals surface area contributed by atoms with Crippen LogP contribution in [0.3, 0.4) is 0 Å². The highest BCUT2D eigenvalue weighted by Gasteiger charge is 2.67. The molecular formula is C15H24O. The van der Waals surface area contributed by atoms with Gasteiger partial charge in [0.05, 0.1) is 6.10 Å². The van der Waals surface area contributed by atoms with E-state index in [4.69, 9.17) is 0 Å². The van der Waals surface area contributed by atoms with Gasteiger partial charge in [0.1, 0.15) is 0 Å². The Labute approximate surface area is 98.9 Å². The average Bonchev–Trinajstić information content (AvgIpc) is 2.34. The van der Waals surface area contributed by atoms with Crippen molar-refractivity contribution in [2.75, 3.05) is 0 Å². The molecule has 0 amide bonds. The highest BCUT2D eigenvalue weighted by Crippen LogP contribution is 2.73. The molecule has 3 aliphatic rings. The monoisotopic (exact) mass is 220 g/mol. The minimum absolute atomic E-state index is 0.215. The smallest absolute Gasteiger partial charge is 0.0753 e. The van der Waals surface area contributed by atoms with E-state index in [1.54, 1.807) is 0 Å². The van der Waals surface area contributed by atoms with Gasteiger partial charge in [0, 0.05) is 0 Å². The van der Waals surface area contributed by atoms with E-state index in [0.717, 1.165) is 23.8 Å². The second-order valence-electron chi connectivity index (χ2n) is 7.28. The van der Waals surface area contributed by atoms with Crippen LogP contribution in [-0.2, 0) is 0 Å². The molecule has 4 unspecified atom stereocenters. The fraction of sp³-hybridized carbons (Fsp3) is 0.867. The van der Waals surface area contributed by atoms with E-state index in [2.05, 4.69) is 27.4 Å². The van der Waals surface area contributed by atoms with E-state index in [1.165, 1.54) is 19.3 Å². The van der Waals surface area contributed by atoms with Crippen molar-refractivity contribution < 1.29 is 5.11 Å². The molecule has 1 N–H and O–H groups in total. The van der Waals surface area contributed by atoms with Crippen LogP contribution in [0.1, 0.15) is 46.5 Å². The third kappa shape index (κ3) is 1.06. The van der Waals surface area contributed by atoms with Gasteiger partial charge in [-0.05, 0) is 53.4 Å². The molecule has 0 aliphatic heterocycles. The summed E-state index contributed by atoms with van der Waals surface area (Å²) in [5.74, 6) is 2.13. The van der Waals surface area contributed by atoms with E-state index >= 15 is 0 Å². The second kappa shape index (κ2) is 2.93. The lowest BCUT2D eigenvalue weighted by Gasteiger charge is -2.68. The SMILES string of the molecule is C=C1C2C3C(C[C@H]1O)C2(C)CCCC3(C)C. The molecule has 1 heteroatoms. The van der Waals surface area contributed by atoms with Crippen LogP contribution in [0.15, 0.2) is 12.2 Å². The van der Waals surface area contributed by atoms with Crippen molar-refractivity contribution in [3.8, 4) is 0 Å². The molecule has 3 saturated carbocycles. The van der Waals surface area contributed by atoms with Gasteiger partial charge in [-0.25, -0.2) is 0 Å². The summed E-state index contributed by atoms with van der Waals surface area (Å²) in [6.07, 6.45) is 4.81. The van der Waals surface area contributed by atoms with E-state index in [0.29, 0.717) is 16.7 Å². The molecule has 16 heavy (non-hydrogen) atoms. The van der Waals surface area contributed by atoms with Crippen LogP contribution in [0, 0.1) is 28.6 Å². The lowest BCUT2D eigenvalue weighted by Crippen LogP contribution is -2.64. The molecule has 90 valence electrons. The zero-order valence-electron chi connectivity index (χ0n) is 10.8. The fourth-order valence-corrected chi connectivity index (χ4v) is 5.26. The maximum absolute atomic E-state index is 10.0. The lowest BCUT2D eigenvalue weighted by atomic mass is 9.37. The molecule has 3 aliphatic carbocycles. The van der Waals surface area contributed by atoms with Crippen LogP contribution in [0.2, 0.25) is 0 Å². The minimum Gasteiger partial charge on any atom is -0.389 e. The number of hydrogen-bond acceptors (Lipinski definition) is 1. The normalized spacial score (nSPS) is 54.1. The first-order valence-electron chi connectivity index (χ1n) is 6.75. The predicted octanol–water partition coefficient (Wildman–Crippen LogP) is 3.39. The summed E-state index contributed by atoms with van der Waals surface area (Å²) in [7, 11) is 0. The highest BCUT2D eigenvalue weighted by atomic mass is 16.3. The van der Waals surface area contributed by atoms with E-state index in [-0.39, 0.29) is 6.10 Å². The maximum Gasteiger partial charge on any atom is 0.0753 e. The van der Waals surface area contributed by atoms with Gasteiger partial charge in [-0.3, -0.25) is 0 Å². The molecule has 5 atom stereocenters. The number of hydrogen-bond donors (Lipinski definition) is 1. The van der Waals surface area contributed by atoms with Gasteiger partial charge in [0.15, 0.2) is 0 Å². The Kier molecular flexibility index (Phi) is 1.98. The predicted molar refractivity (Wildman–Crippen MR) is 66.0 cm³/mol. The molecule has 0 aromatic rings. The number of rotatable bonds is 0. The molecular weight excluding hydrogens is 196 g/mol. The van der Waals surface area contributed by atoms with Crippen LogP contribution >= 0.6 is 0 Å². The number of fused-ring (bicyclic) bond motifs is 1. The lowest BCUT2D eigenvalue weighted by molar-refractivity contribution is -0.176. The molecule has 3 rings (SSSR count). The average molecular weight is 220 g/mol. The van der Waals surface area contributed by atoms with E-state index < -0.39 is 0 Å². The van der Waals surface area contributed by atoms with Crippen molar-refractivity contribution in [2.24, 2.45) is 28.6 Å². The molecule has 0 aromatic carbocycles. The highest BCUT2D eigenvalue weighted by molar-refractivity contribution is 5.29. The van der Waals surface area contributed by atoms with Gasteiger partial charge in [0.25, 0.3) is 0 Å². The largest absolute Gasteiger partial charge is 0.389 e. The van der Waals surface area contributed by atoms with Gasteiger partial charge in [-0.15, -0.1) is 0 Å². The molecule has 0 spiro atoms. The summed E-state index contributed by atoms with van der Waals surface area (Å²) in [6, 6.07) is 0. The summed E-state index contributed by atoms with van der Waals surface area (Å²) >= 11 is 0. The van der Waals surface area contributed by atoms with Crippen LogP contribution in [0.25, 0.3) is 0 Å². The van der Waals surface area contributed by atoms with Gasteiger partial charge >= 0.3 is 0 Å². The molecule has 0 saturated heterocycles. The first kappa shape index (κ1) is 10.8. The molecule has 0 aromatic heterocycles. The van der Waals surface area contributed by atoms with Gasteiger partial charge < -0.3 is 5.11 Å². The summed E-state index contributed by atoms with van der Waals surface area (Å²) in [5, 5.41) is 10.0. The first-order valence-corrected chi connectivity index (χ1v) is 6.75. The van der Waals surface area contributed by atoms with Crippen molar-refractivity contribution >= 4 is 0 Å². The third-order valence-corrected chi connectivity index (χ3v) is 6.09. The Hall–Kier alpha value is -0.300. The maximum atomic E-state index is 10.0. The fourth-order valence-electron chi connectivity index (χ4n) is 5.26. The molecule has 0 radical (unpaired) electrons. The van der Waals surface area contributed by atoms with Crippen LogP contribution in [0.5, 0.6) is 0 Å². The summed E-state index contributed by atoms with van der Waals surface area (Å²) < 4.78 is 0. The van der Waals surface area contributed by atoms with Crippen LogP contribution in [-0.4, -0.2) is 11.2 Å². The minimum atomic E-state index is -0.215. The molecule has 0 heterocycles. The Morgan fingerprint density at radius 1 is 1.25 bits per heavy atom.